The zero-order chi connectivity index (χ0) is 99.6. The molecule has 0 spiro atoms. The van der Waals surface area contributed by atoms with E-state index in [1.165, 1.54) is 134 Å². The zero-order valence-corrected chi connectivity index (χ0v) is 94.1. The maximum absolute atomic E-state index is 5.67. The molecule has 724 valence electrons. The molecule has 9 aromatic carbocycles. The third-order valence-electron chi connectivity index (χ3n) is 20.3. The monoisotopic (exact) mass is 2340 g/mol. The molecule has 3 aliphatic rings. The van der Waals surface area contributed by atoms with Crippen molar-refractivity contribution >= 4 is 138 Å². The molecule has 15 aromatic rings. The van der Waals surface area contributed by atoms with E-state index in [2.05, 4.69) is 321 Å². The number of anilines is 6. The molecule has 18 rings (SSSR count). The number of hydrogen-bond donors (Lipinski definition) is 0. The molecule has 0 amide bonds. The summed E-state index contributed by atoms with van der Waals surface area (Å²) >= 11 is 1.65. The number of halogens is 8. The average molecular weight is 2340 g/mol. The van der Waals surface area contributed by atoms with Crippen LogP contribution in [0.4, 0.5) is 34.1 Å². The van der Waals surface area contributed by atoms with Gasteiger partial charge in [0.2, 0.25) is 0 Å². The molecule has 0 radical (unpaired) electrons. The van der Waals surface area contributed by atoms with Crippen LogP contribution in [0.2, 0.25) is 0 Å². The summed E-state index contributed by atoms with van der Waals surface area (Å²) in [7, 11) is 34.0. The molecular weight excluding hydrogens is 2210 g/mol. The molecule has 2 saturated heterocycles. The van der Waals surface area contributed by atoms with Gasteiger partial charge in [-0.25, -0.2) is 0 Å². The Balaban J connectivity index is 0.000000212. The molecule has 9 heterocycles. The number of hydrogen-bond acceptors (Lipinski definition) is 12. The summed E-state index contributed by atoms with van der Waals surface area (Å²) in [6.07, 6.45) is 25.3. The van der Waals surface area contributed by atoms with Crippen LogP contribution in [-0.2, 0) is 40.6 Å². The van der Waals surface area contributed by atoms with Crippen LogP contribution in [0.5, 0.6) is 0 Å². The minimum Gasteiger partial charge on any atom is -0.265 e. The van der Waals surface area contributed by atoms with Gasteiger partial charge in [0, 0.05) is 144 Å². The smallest absolute Gasteiger partial charge is 0.0267 e. The van der Waals surface area contributed by atoms with Crippen LogP contribution in [0.1, 0.15) is 117 Å². The predicted molar refractivity (Wildman–Crippen MR) is 591 cm³/mol. The molecule has 3 aliphatic heterocycles. The van der Waals surface area contributed by atoms with Gasteiger partial charge in [-0.1, -0.05) is 130 Å². The second-order valence-electron chi connectivity index (χ2n) is 32.3. The SMILES string of the molecule is Brc1cccnc1.Brc1cccnc1.Cc1cc(C)c(N2C=CN(c3c(C)cc(C)cc3C)[CH-]2)c(C)c1.Cc1cc(C)c(N2[CH-]N(c3c(C)cc(C)cc3C)CC2)c(C)c1.Cc1cc(C)c(N2[CH-]N(c3c(C)cc(C)cc3C)CC2)c(C)c1.[Cl][Ru]([Cl])=[CH]c1ccccc1.[Cl][Ru]([Cl])=[CH]c1ccccc1.[Cl][Ru]([Cl])=[CH]c1ccccc1.c1ccncc1.c1ccncc1.c1ccncc1.c1ccncc1. The number of benzene rings is 9. The fourth-order valence-electron chi connectivity index (χ4n) is 15.7. The van der Waals surface area contributed by atoms with Crippen molar-refractivity contribution in [2.24, 2.45) is 0 Å². The Labute approximate surface area is 873 Å². The standard InChI is InChI=1S/2C21H27N2.C21H25N2.3C7H6.2C5H4BrN.4C5H5N.6ClH.3Ru/c3*1-14-9-16(3)20(17(4)10-14)22-7-8-23(13-22)21-18(5)11-15(2)12-19(21)6;3*1-7-5-3-2-4-6-7;2*6-5-2-1-3-7-4-5;4*1-2-4-6-5-3-1;;;;;;;;;/h2*9-13H,7-8H2,1-6H3;7-13H,1-6H3;3*1-6H;2*1-4H;4*1-5H;6*1H;;;/q3*-1;;;;;;;;;;;;;;;;3*+2/p-6. The Morgan fingerprint density at radius 3 is 0.562 bits per heavy atom. The molecule has 23 heteroatoms. The van der Waals surface area contributed by atoms with Crippen molar-refractivity contribution in [3.8, 4) is 0 Å². The van der Waals surface area contributed by atoms with Crippen LogP contribution in [0.15, 0.2) is 357 Å². The molecule has 137 heavy (non-hydrogen) atoms. The summed E-state index contributed by atoms with van der Waals surface area (Å²) in [6.45, 7) is 50.3. The van der Waals surface area contributed by atoms with E-state index >= 15 is 0 Å². The maximum atomic E-state index is 5.67. The fraction of sp³-hybridized carbons (Fsp3) is 0.193. The van der Waals surface area contributed by atoms with Gasteiger partial charge in [0.05, 0.1) is 0 Å². The summed E-state index contributed by atoms with van der Waals surface area (Å²) < 4.78 is 7.82. The van der Waals surface area contributed by atoms with Gasteiger partial charge >= 0.3 is 220 Å². The van der Waals surface area contributed by atoms with E-state index in [1.54, 1.807) is 74.4 Å². The average Bonchev–Trinajstić information content (AvgIpc) is 1.67. The van der Waals surface area contributed by atoms with Gasteiger partial charge in [-0.15, -0.1) is 6.67 Å². The van der Waals surface area contributed by atoms with E-state index in [0.29, 0.717) is 0 Å². The maximum Gasteiger partial charge on any atom is 0.0267 e. The number of pyridine rings is 6. The van der Waals surface area contributed by atoms with E-state index in [0.717, 1.165) is 51.8 Å². The van der Waals surface area contributed by atoms with Crippen LogP contribution >= 0.6 is 90.0 Å². The van der Waals surface area contributed by atoms with Crippen LogP contribution < -0.4 is 29.4 Å². The Kier molecular flexibility index (Phi) is 53.0. The topological polar surface area (TPSA) is 96.8 Å². The minimum absolute atomic E-state index is 1.02. The first-order chi connectivity index (χ1) is 65.7. The van der Waals surface area contributed by atoms with Crippen molar-refractivity contribution in [2.45, 2.75) is 125 Å². The first-order valence-corrected chi connectivity index (χ1v) is 62.3. The van der Waals surface area contributed by atoms with E-state index in [9.17, 15) is 0 Å². The van der Waals surface area contributed by atoms with Crippen LogP contribution in [-0.4, -0.2) is 69.9 Å². The van der Waals surface area contributed by atoms with Crippen LogP contribution in [0.25, 0.3) is 0 Å². The van der Waals surface area contributed by atoms with Gasteiger partial charge in [0.15, 0.2) is 0 Å². The van der Waals surface area contributed by atoms with Gasteiger partial charge in [-0.2, -0.15) is 13.3 Å². The van der Waals surface area contributed by atoms with E-state index < -0.39 is 40.6 Å². The molecule has 0 bridgehead atoms. The summed E-state index contributed by atoms with van der Waals surface area (Å²) in [5.74, 6) is 0. The van der Waals surface area contributed by atoms with Crippen molar-refractivity contribution in [1.29, 1.82) is 0 Å². The van der Waals surface area contributed by atoms with Crippen molar-refractivity contribution in [1.82, 2.24) is 29.9 Å². The second-order valence-corrected chi connectivity index (χ2v) is 51.3. The summed E-state index contributed by atoms with van der Waals surface area (Å²) in [6, 6.07) is 87.4. The Hall–Kier alpha value is -9.40. The van der Waals surface area contributed by atoms with Crippen molar-refractivity contribution in [3.63, 3.8) is 0 Å². The van der Waals surface area contributed by atoms with Gasteiger partial charge in [-0.3, -0.25) is 29.9 Å². The Bertz CT molecular complexity index is 5330. The number of rotatable bonds is 9. The van der Waals surface area contributed by atoms with Gasteiger partial charge in [0.1, 0.15) is 0 Å². The Morgan fingerprint density at radius 1 is 0.234 bits per heavy atom. The summed E-state index contributed by atoms with van der Waals surface area (Å²) in [5.41, 5.74) is 35.4. The minimum atomic E-state index is -1.61. The third-order valence-corrected chi connectivity index (χ3v) is 26.9. The van der Waals surface area contributed by atoms with Crippen molar-refractivity contribution < 1.29 is 40.6 Å². The molecule has 0 N–H and O–H groups in total. The molecule has 0 unspecified atom stereocenters. The molecule has 0 atom stereocenters. The van der Waals surface area contributed by atoms with Gasteiger partial charge in [0.25, 0.3) is 0 Å². The van der Waals surface area contributed by atoms with Gasteiger partial charge < -0.3 is 29.4 Å². The fourth-order valence-corrected chi connectivity index (χ4v) is 21.7. The molecule has 2 fully saturated rings. The summed E-state index contributed by atoms with van der Waals surface area (Å²) in [4.78, 5) is 36.9. The normalized spacial score (nSPS) is 11.9. The molecule has 0 aliphatic carbocycles. The van der Waals surface area contributed by atoms with Crippen LogP contribution in [0.3, 0.4) is 0 Å². The van der Waals surface area contributed by atoms with Crippen LogP contribution in [0, 0.1) is 145 Å². The first-order valence-electron chi connectivity index (χ1n) is 44.2. The molecule has 6 aromatic heterocycles. The molecular formula is C114H125Br2Cl6N12Ru3-3. The van der Waals surface area contributed by atoms with E-state index in [4.69, 9.17) is 58.1 Å². The second kappa shape index (κ2) is 63.3. The number of aromatic nitrogens is 6. The van der Waals surface area contributed by atoms with Crippen molar-refractivity contribution in [2.75, 3.05) is 55.6 Å². The predicted octanol–water partition coefficient (Wildman–Crippen LogP) is 31.7. The largest absolute Gasteiger partial charge is 0.265 e. The molecule has 12 nitrogen and oxygen atoms in total. The zero-order valence-electron chi connectivity index (χ0n) is 81.2. The van der Waals surface area contributed by atoms with E-state index in [1.807, 2.05) is 202 Å². The molecule has 0 saturated carbocycles. The number of aryl methyl sites for hydroxylation is 18. The summed E-state index contributed by atoms with van der Waals surface area (Å²) in [5, 5.41) is 0. The van der Waals surface area contributed by atoms with Crippen molar-refractivity contribution in [3.05, 3.63) is 493 Å². The van der Waals surface area contributed by atoms with Gasteiger partial charge in [-0.05, 0) is 308 Å². The first kappa shape index (κ1) is 115. The third kappa shape index (κ3) is 43.1. The van der Waals surface area contributed by atoms with E-state index in [-0.39, 0.29) is 0 Å². The number of nitrogens with zero attached hydrogens (tertiary/aromatic N) is 12. The Morgan fingerprint density at radius 2 is 0.416 bits per heavy atom. The quantitative estimate of drug-likeness (QED) is 0.102.